The van der Waals surface area contributed by atoms with Crippen molar-refractivity contribution < 1.29 is 19.1 Å². The van der Waals surface area contributed by atoms with E-state index in [4.69, 9.17) is 4.74 Å². The minimum atomic E-state index is -0.217. The molecule has 0 unspecified atom stereocenters. The fourth-order valence-corrected chi connectivity index (χ4v) is 3.02. The van der Waals surface area contributed by atoms with Gasteiger partial charge in [-0.15, -0.1) is 0 Å². The van der Waals surface area contributed by atoms with Crippen molar-refractivity contribution >= 4 is 11.9 Å². The van der Waals surface area contributed by atoms with E-state index in [1.54, 1.807) is 0 Å². The molecule has 0 aliphatic heterocycles. The van der Waals surface area contributed by atoms with E-state index in [9.17, 15) is 9.59 Å². The summed E-state index contributed by atoms with van der Waals surface area (Å²) in [5.41, 5.74) is 0. The second kappa shape index (κ2) is 20.3. The maximum absolute atomic E-state index is 11.5. The maximum Gasteiger partial charge on any atom is 0.305 e. The maximum atomic E-state index is 11.5. The molecule has 0 aromatic heterocycles. The van der Waals surface area contributed by atoms with Gasteiger partial charge in [0, 0.05) is 12.8 Å². The molecule has 0 aliphatic rings. The van der Waals surface area contributed by atoms with Crippen molar-refractivity contribution in [3.8, 4) is 0 Å². The van der Waals surface area contributed by atoms with E-state index < -0.39 is 0 Å². The third-order valence-corrected chi connectivity index (χ3v) is 4.75. The molecule has 4 heteroatoms. The van der Waals surface area contributed by atoms with Crippen LogP contribution in [0.1, 0.15) is 116 Å². The summed E-state index contributed by atoms with van der Waals surface area (Å²) in [6.45, 7) is 2.80. The number of hydrogen-bond acceptors (Lipinski definition) is 4. The fraction of sp³-hybridized carbons (Fsp3) is 0.909. The summed E-state index contributed by atoms with van der Waals surface area (Å²) in [4.78, 5) is 22.5. The van der Waals surface area contributed by atoms with Crippen molar-refractivity contribution in [2.75, 3.05) is 13.7 Å². The average molecular weight is 371 g/mol. The predicted octanol–water partition coefficient (Wildman–Crippen LogP) is 6.35. The normalized spacial score (nSPS) is 10.7. The Morgan fingerprint density at radius 1 is 0.577 bits per heavy atom. The summed E-state index contributed by atoms with van der Waals surface area (Å²) >= 11 is 0. The molecule has 0 saturated heterocycles. The Hall–Kier alpha value is -1.06. The minimum Gasteiger partial charge on any atom is -0.469 e. The second-order valence-corrected chi connectivity index (χ2v) is 7.25. The van der Waals surface area contributed by atoms with Crippen LogP contribution in [0.2, 0.25) is 0 Å². The number of hydrogen-bond donors (Lipinski definition) is 0. The Kier molecular flexibility index (Phi) is 19.4. The van der Waals surface area contributed by atoms with Gasteiger partial charge in [0.15, 0.2) is 0 Å². The third-order valence-electron chi connectivity index (χ3n) is 4.75. The molecule has 4 nitrogen and oxygen atoms in total. The Balaban J connectivity index is 3.16. The van der Waals surface area contributed by atoms with Crippen molar-refractivity contribution in [1.29, 1.82) is 0 Å². The number of unbranched alkanes of at least 4 members (excludes halogenated alkanes) is 13. The van der Waals surface area contributed by atoms with Crippen LogP contribution in [0.3, 0.4) is 0 Å². The van der Waals surface area contributed by atoms with Gasteiger partial charge in [0.1, 0.15) is 0 Å². The molecule has 154 valence electrons. The van der Waals surface area contributed by atoms with Gasteiger partial charge in [-0.2, -0.15) is 0 Å². The Labute approximate surface area is 161 Å². The number of carbonyl (C=O) groups excluding carboxylic acids is 2. The van der Waals surface area contributed by atoms with Crippen LogP contribution in [0.5, 0.6) is 0 Å². The molecule has 0 saturated carbocycles. The minimum absolute atomic E-state index is 0.145. The largest absolute Gasteiger partial charge is 0.469 e. The average Bonchev–Trinajstić information content (AvgIpc) is 2.65. The lowest BCUT2D eigenvalue weighted by atomic mass is 10.0. The molecule has 0 amide bonds. The third kappa shape index (κ3) is 19.3. The number of ether oxygens (including phenoxy) is 2. The van der Waals surface area contributed by atoms with Gasteiger partial charge in [-0.05, 0) is 19.3 Å². The number of methoxy groups -OCH3 is 1. The Morgan fingerprint density at radius 3 is 1.46 bits per heavy atom. The van der Waals surface area contributed by atoms with Crippen molar-refractivity contribution in [3.63, 3.8) is 0 Å². The number of carbonyl (C=O) groups is 2. The highest BCUT2D eigenvalue weighted by molar-refractivity contribution is 5.70. The molecular weight excluding hydrogens is 328 g/mol. The Morgan fingerprint density at radius 2 is 1.00 bits per heavy atom. The van der Waals surface area contributed by atoms with Gasteiger partial charge in [-0.1, -0.05) is 84.0 Å². The lowest BCUT2D eigenvalue weighted by Gasteiger charge is -2.05. The van der Waals surface area contributed by atoms with Crippen molar-refractivity contribution in [1.82, 2.24) is 0 Å². The zero-order valence-corrected chi connectivity index (χ0v) is 17.4. The molecule has 0 N–H and O–H groups in total. The monoisotopic (exact) mass is 370 g/mol. The van der Waals surface area contributed by atoms with Gasteiger partial charge in [0.25, 0.3) is 0 Å². The fourth-order valence-electron chi connectivity index (χ4n) is 3.02. The molecular formula is C22H42O4. The van der Waals surface area contributed by atoms with Crippen molar-refractivity contribution in [2.45, 2.75) is 116 Å². The summed E-state index contributed by atoms with van der Waals surface area (Å²) < 4.78 is 9.78. The summed E-state index contributed by atoms with van der Waals surface area (Å²) in [6, 6.07) is 0. The molecule has 0 radical (unpaired) electrons. The summed E-state index contributed by atoms with van der Waals surface area (Å²) in [5.74, 6) is -0.362. The zero-order chi connectivity index (χ0) is 19.3. The quantitative estimate of drug-likeness (QED) is 0.196. The van der Waals surface area contributed by atoms with Gasteiger partial charge in [0.05, 0.1) is 13.7 Å². The smallest absolute Gasteiger partial charge is 0.305 e. The van der Waals surface area contributed by atoms with Crippen LogP contribution in [-0.4, -0.2) is 25.7 Å². The van der Waals surface area contributed by atoms with Crippen LogP contribution in [0.15, 0.2) is 0 Å². The highest BCUT2D eigenvalue weighted by Gasteiger charge is 2.04. The van der Waals surface area contributed by atoms with Crippen LogP contribution in [0.25, 0.3) is 0 Å². The predicted molar refractivity (Wildman–Crippen MR) is 107 cm³/mol. The van der Waals surface area contributed by atoms with E-state index in [1.807, 2.05) is 0 Å². The highest BCUT2D eigenvalue weighted by Crippen LogP contribution is 2.12. The summed E-state index contributed by atoms with van der Waals surface area (Å²) in [7, 11) is 1.38. The highest BCUT2D eigenvalue weighted by atomic mass is 16.5. The van der Waals surface area contributed by atoms with Gasteiger partial charge < -0.3 is 9.47 Å². The SMILES string of the molecule is CCCCCCCCCCCCCCCOC(=O)CCCCC(=O)OC. The van der Waals surface area contributed by atoms with Gasteiger partial charge >= 0.3 is 11.9 Å². The first-order chi connectivity index (χ1) is 12.7. The van der Waals surface area contributed by atoms with E-state index in [0.717, 1.165) is 12.8 Å². The number of rotatable bonds is 19. The second-order valence-electron chi connectivity index (χ2n) is 7.25. The van der Waals surface area contributed by atoms with Gasteiger partial charge in [0.2, 0.25) is 0 Å². The molecule has 0 aliphatic carbocycles. The van der Waals surface area contributed by atoms with Crippen molar-refractivity contribution in [2.24, 2.45) is 0 Å². The lowest BCUT2D eigenvalue weighted by Crippen LogP contribution is -2.06. The van der Waals surface area contributed by atoms with Crippen LogP contribution in [0.4, 0.5) is 0 Å². The number of esters is 2. The molecule has 0 bridgehead atoms. The van der Waals surface area contributed by atoms with E-state index in [1.165, 1.54) is 77.7 Å². The lowest BCUT2D eigenvalue weighted by molar-refractivity contribution is -0.145. The van der Waals surface area contributed by atoms with E-state index in [0.29, 0.717) is 32.3 Å². The van der Waals surface area contributed by atoms with E-state index in [-0.39, 0.29) is 11.9 Å². The molecule has 0 aromatic carbocycles. The summed E-state index contributed by atoms with van der Waals surface area (Å²) in [5, 5.41) is 0. The summed E-state index contributed by atoms with van der Waals surface area (Å²) in [6.07, 6.45) is 19.3. The zero-order valence-electron chi connectivity index (χ0n) is 17.4. The molecule has 0 spiro atoms. The van der Waals surface area contributed by atoms with Gasteiger partial charge in [-0.3, -0.25) is 9.59 Å². The first-order valence-electron chi connectivity index (χ1n) is 10.9. The van der Waals surface area contributed by atoms with Crippen LogP contribution < -0.4 is 0 Å². The first kappa shape index (κ1) is 24.9. The van der Waals surface area contributed by atoms with Crippen LogP contribution >= 0.6 is 0 Å². The van der Waals surface area contributed by atoms with Crippen molar-refractivity contribution in [3.05, 3.63) is 0 Å². The van der Waals surface area contributed by atoms with Crippen LogP contribution in [0, 0.1) is 0 Å². The van der Waals surface area contributed by atoms with E-state index >= 15 is 0 Å². The topological polar surface area (TPSA) is 52.6 Å². The van der Waals surface area contributed by atoms with Gasteiger partial charge in [-0.25, -0.2) is 0 Å². The molecule has 0 aromatic rings. The standard InChI is InChI=1S/C22H42O4/c1-3-4-5-6-7-8-9-10-11-12-13-14-17-20-26-22(24)19-16-15-18-21(23)25-2/h3-20H2,1-2H3. The molecule has 26 heavy (non-hydrogen) atoms. The van der Waals surface area contributed by atoms with E-state index in [2.05, 4.69) is 11.7 Å². The molecule has 0 rings (SSSR count). The Bertz CT molecular complexity index is 328. The first-order valence-corrected chi connectivity index (χ1v) is 10.9. The van der Waals surface area contributed by atoms with Crippen LogP contribution in [-0.2, 0) is 19.1 Å². The molecule has 0 heterocycles. The molecule has 0 atom stereocenters. The molecule has 0 fully saturated rings.